The number of hydrogen-bond donors (Lipinski definition) is 2. The highest BCUT2D eigenvalue weighted by molar-refractivity contribution is 5.48. The maximum atomic E-state index is 12.2. The maximum Gasteiger partial charge on any atom is 0.126 e. The predicted molar refractivity (Wildman–Crippen MR) is 147 cm³/mol. The Kier molecular flexibility index (Phi) is 11.4. The number of fused-ring (bicyclic) bond motifs is 1. The summed E-state index contributed by atoms with van der Waals surface area (Å²) in [6, 6.07) is 13.1. The van der Waals surface area contributed by atoms with Crippen molar-refractivity contribution in [3.05, 3.63) is 53.6 Å². The molecule has 1 aliphatic rings. The molecule has 36 heavy (non-hydrogen) atoms. The molecular formula is C32H47FO3. The standard InChI is InChI=1S/C32H47FO3/c1-25(14-10-8-12-22-33)13-9-6-4-3-5-7-11-15-30-29-21-20-28(35)23-31(29)36-24-32(30,2)26-16-18-27(34)19-17-26/h16-21,23,25,30,34-35H,3-15,22,24H2,1-2H3/t25?,30?,32-/m1/s1. The molecule has 0 aliphatic carbocycles. The van der Waals surface area contributed by atoms with E-state index in [-0.39, 0.29) is 23.6 Å². The minimum Gasteiger partial charge on any atom is -0.508 e. The van der Waals surface area contributed by atoms with Crippen LogP contribution in [0.5, 0.6) is 17.2 Å². The molecular weight excluding hydrogens is 451 g/mol. The van der Waals surface area contributed by atoms with E-state index in [0.29, 0.717) is 12.5 Å². The van der Waals surface area contributed by atoms with Gasteiger partial charge in [0.2, 0.25) is 0 Å². The van der Waals surface area contributed by atoms with Crippen LogP contribution in [0.2, 0.25) is 0 Å². The molecule has 0 bridgehead atoms. The summed E-state index contributed by atoms with van der Waals surface area (Å²) in [4.78, 5) is 0. The fourth-order valence-corrected chi connectivity index (χ4v) is 5.84. The lowest BCUT2D eigenvalue weighted by Crippen LogP contribution is -2.40. The molecule has 2 aromatic rings. The highest BCUT2D eigenvalue weighted by atomic mass is 19.1. The second kappa shape index (κ2) is 14.5. The van der Waals surface area contributed by atoms with Crippen molar-refractivity contribution in [2.75, 3.05) is 13.3 Å². The Morgan fingerprint density at radius 2 is 1.42 bits per heavy atom. The quantitative estimate of drug-likeness (QED) is 0.227. The van der Waals surface area contributed by atoms with E-state index in [1.54, 1.807) is 24.3 Å². The number of halogens is 1. The Hall–Kier alpha value is -2.23. The second-order valence-electron chi connectivity index (χ2n) is 11.2. The van der Waals surface area contributed by atoms with Crippen LogP contribution < -0.4 is 4.74 Å². The Balaban J connectivity index is 1.43. The molecule has 0 spiro atoms. The molecule has 0 fully saturated rings. The van der Waals surface area contributed by atoms with E-state index in [4.69, 9.17) is 4.74 Å². The molecule has 2 unspecified atom stereocenters. The smallest absolute Gasteiger partial charge is 0.126 e. The van der Waals surface area contributed by atoms with Gasteiger partial charge in [0.25, 0.3) is 0 Å². The van der Waals surface area contributed by atoms with Crippen molar-refractivity contribution in [3.63, 3.8) is 0 Å². The first-order valence-corrected chi connectivity index (χ1v) is 14.2. The van der Waals surface area contributed by atoms with Crippen LogP contribution >= 0.6 is 0 Å². The van der Waals surface area contributed by atoms with Crippen LogP contribution in [-0.4, -0.2) is 23.5 Å². The topological polar surface area (TPSA) is 49.7 Å². The summed E-state index contributed by atoms with van der Waals surface area (Å²) in [5, 5.41) is 19.7. The third-order valence-corrected chi connectivity index (χ3v) is 8.22. The highest BCUT2D eigenvalue weighted by Gasteiger charge is 2.42. The molecule has 200 valence electrons. The van der Waals surface area contributed by atoms with Gasteiger partial charge in [-0.2, -0.15) is 0 Å². The van der Waals surface area contributed by atoms with E-state index < -0.39 is 0 Å². The number of hydrogen-bond acceptors (Lipinski definition) is 3. The normalized spacial score (nSPS) is 20.0. The Morgan fingerprint density at radius 3 is 2.08 bits per heavy atom. The van der Waals surface area contributed by atoms with Gasteiger partial charge in [-0.25, -0.2) is 0 Å². The number of aromatic hydroxyl groups is 2. The minimum atomic E-state index is -0.180. The third-order valence-electron chi connectivity index (χ3n) is 8.22. The van der Waals surface area contributed by atoms with Gasteiger partial charge in [0.05, 0.1) is 13.3 Å². The van der Waals surface area contributed by atoms with Crippen LogP contribution in [0.15, 0.2) is 42.5 Å². The molecule has 2 aromatic carbocycles. The molecule has 0 saturated carbocycles. The zero-order valence-electron chi connectivity index (χ0n) is 22.5. The van der Waals surface area contributed by atoms with Crippen molar-refractivity contribution in [3.8, 4) is 17.2 Å². The van der Waals surface area contributed by atoms with Crippen LogP contribution in [0.25, 0.3) is 0 Å². The van der Waals surface area contributed by atoms with Crippen LogP contribution in [0, 0.1) is 5.92 Å². The molecule has 3 atom stereocenters. The first-order valence-electron chi connectivity index (χ1n) is 14.2. The van der Waals surface area contributed by atoms with Crippen molar-refractivity contribution in [1.29, 1.82) is 0 Å². The lowest BCUT2D eigenvalue weighted by atomic mass is 9.66. The lowest BCUT2D eigenvalue weighted by molar-refractivity contribution is 0.162. The molecule has 2 N–H and O–H groups in total. The molecule has 0 amide bonds. The van der Waals surface area contributed by atoms with Crippen molar-refractivity contribution >= 4 is 0 Å². The summed E-state index contributed by atoms with van der Waals surface area (Å²) in [5.74, 6) is 2.40. The Morgan fingerprint density at radius 1 is 0.833 bits per heavy atom. The van der Waals surface area contributed by atoms with Gasteiger partial charge in [-0.3, -0.25) is 4.39 Å². The van der Waals surface area contributed by atoms with Crippen molar-refractivity contribution in [2.24, 2.45) is 5.92 Å². The second-order valence-corrected chi connectivity index (χ2v) is 11.2. The lowest BCUT2D eigenvalue weighted by Gasteiger charge is -2.43. The Labute approximate surface area is 218 Å². The third kappa shape index (κ3) is 8.15. The van der Waals surface area contributed by atoms with Gasteiger partial charge in [0, 0.05) is 17.4 Å². The van der Waals surface area contributed by atoms with Crippen LogP contribution in [-0.2, 0) is 5.41 Å². The van der Waals surface area contributed by atoms with Crippen molar-refractivity contribution in [1.82, 2.24) is 0 Å². The van der Waals surface area contributed by atoms with Crippen LogP contribution in [0.1, 0.15) is 114 Å². The van der Waals surface area contributed by atoms with E-state index >= 15 is 0 Å². The van der Waals surface area contributed by atoms with Gasteiger partial charge in [-0.15, -0.1) is 0 Å². The van der Waals surface area contributed by atoms with Gasteiger partial charge in [0.15, 0.2) is 0 Å². The molecule has 3 rings (SSSR count). The molecule has 0 radical (unpaired) electrons. The number of unbranched alkanes of at least 4 members (excludes halogenated alkanes) is 8. The first-order chi connectivity index (χ1) is 17.4. The van der Waals surface area contributed by atoms with Crippen molar-refractivity contribution in [2.45, 2.75) is 109 Å². The van der Waals surface area contributed by atoms with E-state index in [0.717, 1.165) is 30.9 Å². The molecule has 4 heteroatoms. The zero-order valence-corrected chi connectivity index (χ0v) is 22.5. The summed E-state index contributed by atoms with van der Waals surface area (Å²) in [6.07, 6.45) is 15.5. The van der Waals surface area contributed by atoms with E-state index in [1.807, 2.05) is 18.2 Å². The molecule has 1 aliphatic heterocycles. The van der Waals surface area contributed by atoms with Crippen LogP contribution in [0.3, 0.4) is 0 Å². The molecule has 0 aromatic heterocycles. The largest absolute Gasteiger partial charge is 0.508 e. The summed E-state index contributed by atoms with van der Waals surface area (Å²) in [7, 11) is 0. The average Bonchev–Trinajstić information content (AvgIpc) is 2.87. The van der Waals surface area contributed by atoms with Gasteiger partial charge < -0.3 is 14.9 Å². The summed E-state index contributed by atoms with van der Waals surface area (Å²) < 4.78 is 18.3. The summed E-state index contributed by atoms with van der Waals surface area (Å²) in [5.41, 5.74) is 2.18. The number of phenolic OH excluding ortho intramolecular Hbond substituents is 2. The first kappa shape index (κ1) is 28.3. The van der Waals surface area contributed by atoms with Gasteiger partial charge in [0.1, 0.15) is 17.2 Å². The molecule has 3 nitrogen and oxygen atoms in total. The number of ether oxygens (including phenoxy) is 1. The number of benzene rings is 2. The van der Waals surface area contributed by atoms with E-state index in [1.165, 1.54) is 75.3 Å². The highest BCUT2D eigenvalue weighted by Crippen LogP contribution is 2.49. The predicted octanol–water partition coefficient (Wildman–Crippen LogP) is 9.21. The van der Waals surface area contributed by atoms with Crippen molar-refractivity contribution < 1.29 is 19.3 Å². The Bertz CT molecular complexity index is 897. The zero-order chi connectivity index (χ0) is 25.8. The molecule has 1 heterocycles. The number of rotatable bonds is 16. The summed E-state index contributed by atoms with van der Waals surface area (Å²) in [6.45, 7) is 5.01. The SMILES string of the molecule is CC(CCCCCF)CCCCCCCCCC1c2ccc(O)cc2OC[C@]1(C)c1ccc(O)cc1. The van der Waals surface area contributed by atoms with Crippen LogP contribution in [0.4, 0.5) is 4.39 Å². The fraction of sp³-hybridized carbons (Fsp3) is 0.625. The van der Waals surface area contributed by atoms with Gasteiger partial charge in [-0.05, 0) is 48.1 Å². The number of phenols is 2. The van der Waals surface area contributed by atoms with Gasteiger partial charge >= 0.3 is 0 Å². The minimum absolute atomic E-state index is 0.168. The fourth-order valence-electron chi connectivity index (χ4n) is 5.84. The van der Waals surface area contributed by atoms with E-state index in [2.05, 4.69) is 13.8 Å². The maximum absolute atomic E-state index is 12.2. The average molecular weight is 499 g/mol. The summed E-state index contributed by atoms with van der Waals surface area (Å²) >= 11 is 0. The van der Waals surface area contributed by atoms with E-state index in [9.17, 15) is 14.6 Å². The monoisotopic (exact) mass is 498 g/mol. The molecule has 0 saturated heterocycles. The van der Waals surface area contributed by atoms with Gasteiger partial charge in [-0.1, -0.05) is 103 Å². The number of alkyl halides is 1.